The summed E-state index contributed by atoms with van der Waals surface area (Å²) in [4.78, 5) is 26.3. The molecule has 4 heterocycles. The second kappa shape index (κ2) is 27.4. The van der Waals surface area contributed by atoms with Crippen LogP contribution in [-0.4, -0.2) is 151 Å². The van der Waals surface area contributed by atoms with Crippen LogP contribution >= 0.6 is 11.8 Å². The highest BCUT2D eigenvalue weighted by atomic mass is 32.2. The first kappa shape index (κ1) is 52.5. The van der Waals surface area contributed by atoms with E-state index in [0.29, 0.717) is 110 Å². The summed E-state index contributed by atoms with van der Waals surface area (Å²) in [5.41, 5.74) is 7.21. The summed E-state index contributed by atoms with van der Waals surface area (Å²) in [5, 5.41) is 6.47. The number of carbonyl (C=O) groups excluding carboxylic acids is 2. The number of anilines is 1. The summed E-state index contributed by atoms with van der Waals surface area (Å²) in [6.07, 6.45) is 15.8. The number of fused-ring (bicyclic) bond motifs is 3. The third-order valence-corrected chi connectivity index (χ3v) is 14.6. The average Bonchev–Trinajstić information content (AvgIpc) is 4.00. The number of amides is 2. The Morgan fingerprint density at radius 3 is 2.07 bits per heavy atom. The second-order valence-electron chi connectivity index (χ2n) is 18.4. The summed E-state index contributed by atoms with van der Waals surface area (Å²) in [7, 11) is 1.66. The minimum atomic E-state index is -0.168. The fourth-order valence-corrected chi connectivity index (χ4v) is 11.0. The van der Waals surface area contributed by atoms with Crippen LogP contribution in [0, 0.1) is 0 Å². The number of unbranched alkanes of at least 4 members (excludes halogenated alkanes) is 1. The lowest BCUT2D eigenvalue weighted by molar-refractivity contribution is -0.442. The molecule has 0 spiro atoms. The van der Waals surface area contributed by atoms with E-state index in [2.05, 4.69) is 127 Å². The quantitative estimate of drug-likeness (QED) is 0.0317. The van der Waals surface area contributed by atoms with Gasteiger partial charge < -0.3 is 48.7 Å². The van der Waals surface area contributed by atoms with Crippen LogP contribution in [0.5, 0.6) is 0 Å². The molecular formula is C53H77N4O9S+. The molecule has 67 heavy (non-hydrogen) atoms. The first-order chi connectivity index (χ1) is 32.6. The third-order valence-electron chi connectivity index (χ3n) is 13.0. The Hall–Kier alpha value is -3.86. The lowest BCUT2D eigenvalue weighted by Crippen LogP contribution is -2.36. The molecule has 13 nitrogen and oxygen atoms in total. The summed E-state index contributed by atoms with van der Waals surface area (Å²) in [6.45, 7) is 17.7. The third kappa shape index (κ3) is 15.1. The first-order valence-corrected chi connectivity index (χ1v) is 25.5. The number of benzene rings is 2. The van der Waals surface area contributed by atoms with E-state index in [1.807, 2.05) is 11.8 Å². The van der Waals surface area contributed by atoms with E-state index in [4.69, 9.17) is 33.2 Å². The fourth-order valence-electron chi connectivity index (χ4n) is 9.47. The zero-order valence-corrected chi connectivity index (χ0v) is 41.6. The molecule has 2 amide bonds. The molecule has 0 radical (unpaired) electrons. The van der Waals surface area contributed by atoms with Crippen molar-refractivity contribution in [2.45, 2.75) is 94.4 Å². The van der Waals surface area contributed by atoms with Gasteiger partial charge >= 0.3 is 6.03 Å². The molecule has 0 aliphatic carbocycles. The normalized spacial score (nSPS) is 20.9. The Balaban J connectivity index is 0.880. The zero-order valence-electron chi connectivity index (χ0n) is 40.8. The molecule has 14 heteroatoms. The van der Waals surface area contributed by atoms with Crippen LogP contribution in [0.25, 0.3) is 0 Å². The Morgan fingerprint density at radius 1 is 0.716 bits per heavy atom. The molecule has 3 atom stereocenters. The van der Waals surface area contributed by atoms with Crippen LogP contribution in [-0.2, 0) is 48.8 Å². The maximum absolute atomic E-state index is 12.4. The molecule has 0 saturated carbocycles. The lowest BCUT2D eigenvalue weighted by atomic mass is 9.81. The fraction of sp³-hybridized carbons (Fsp3) is 0.604. The maximum atomic E-state index is 12.4. The number of ketones is 1. The average molecular weight is 946 g/mol. The van der Waals surface area contributed by atoms with Crippen LogP contribution in [0.4, 0.5) is 16.2 Å². The first-order valence-electron chi connectivity index (χ1n) is 24.5. The largest absolute Gasteiger partial charge is 0.382 e. The molecule has 2 saturated heterocycles. The molecule has 2 N–H and O–H groups in total. The smallest absolute Gasteiger partial charge is 0.315 e. The highest BCUT2D eigenvalue weighted by molar-refractivity contribution is 8.00. The standard InChI is InChI=1S/C53H76N4O9S/c1-52(2)42-18-10-12-20-45(42)56(25-28-62-33-36-65-35-32-61-27-15-17-41(58)16-9-14-22-47-50-44(40-67-47)54-51(59)55-50)48(52)23-7-6-8-24-49-53(3,4)43-19-11-13-21-46(43)57(49)26-29-63-34-37-66-39-38-64-31-30-60-5/h6-8,10-13,18-21,23-24,44,47,50H,9,14-17,22,25-40H2,1-5H3,(H-,54,55,59)/p+1. The Labute approximate surface area is 404 Å². The number of urea groups is 1. The van der Waals surface area contributed by atoms with Gasteiger partial charge in [-0.2, -0.15) is 16.3 Å². The summed E-state index contributed by atoms with van der Waals surface area (Å²) < 4.78 is 42.1. The number of Topliss-reactive ketones (excluding diaryl/α,β-unsaturated/α-hetero) is 1. The van der Waals surface area contributed by atoms with E-state index < -0.39 is 0 Å². The van der Waals surface area contributed by atoms with Crippen LogP contribution in [0.2, 0.25) is 0 Å². The topological polar surface area (TPSA) is 129 Å². The predicted molar refractivity (Wildman–Crippen MR) is 267 cm³/mol. The molecule has 368 valence electrons. The van der Waals surface area contributed by atoms with Crippen molar-refractivity contribution in [1.29, 1.82) is 0 Å². The second-order valence-corrected chi connectivity index (χ2v) is 19.7. The molecule has 0 bridgehead atoms. The van der Waals surface area contributed by atoms with Crippen LogP contribution in [0.15, 0.2) is 84.6 Å². The van der Waals surface area contributed by atoms with E-state index >= 15 is 0 Å². The molecule has 2 fully saturated rings. The number of carbonyl (C=O) groups is 2. The van der Waals surface area contributed by atoms with Crippen molar-refractivity contribution in [1.82, 2.24) is 10.6 Å². The number of para-hydroxylation sites is 2. The van der Waals surface area contributed by atoms with Gasteiger partial charge in [-0.1, -0.05) is 74.9 Å². The van der Waals surface area contributed by atoms with E-state index in [1.165, 1.54) is 33.9 Å². The molecule has 4 aliphatic rings. The maximum Gasteiger partial charge on any atom is 0.315 e. The highest BCUT2D eigenvalue weighted by Gasteiger charge is 2.44. The van der Waals surface area contributed by atoms with Gasteiger partial charge in [-0.3, -0.25) is 4.79 Å². The van der Waals surface area contributed by atoms with Crippen LogP contribution in [0.1, 0.15) is 77.3 Å². The monoisotopic (exact) mass is 946 g/mol. The Morgan fingerprint density at radius 2 is 1.34 bits per heavy atom. The number of hydrogen-bond donors (Lipinski definition) is 2. The molecule has 2 aromatic carbocycles. The van der Waals surface area contributed by atoms with Crippen molar-refractivity contribution in [2.75, 3.05) is 117 Å². The van der Waals surface area contributed by atoms with Gasteiger partial charge in [0, 0.05) is 78.6 Å². The number of thioether (sulfide) groups is 1. The van der Waals surface area contributed by atoms with Crippen molar-refractivity contribution in [3.05, 3.63) is 95.7 Å². The lowest BCUT2D eigenvalue weighted by Gasteiger charge is -2.27. The van der Waals surface area contributed by atoms with Crippen molar-refractivity contribution < 1.29 is 47.3 Å². The number of rotatable bonds is 33. The molecule has 2 aromatic rings. The summed E-state index contributed by atoms with van der Waals surface area (Å²) >= 11 is 1.92. The Bertz CT molecular complexity index is 2000. The number of hydrogen-bond acceptors (Lipinski definition) is 11. The van der Waals surface area contributed by atoms with Crippen molar-refractivity contribution in [2.24, 2.45) is 0 Å². The van der Waals surface area contributed by atoms with Gasteiger partial charge in [-0.25, -0.2) is 4.79 Å². The number of methoxy groups -OCH3 is 1. The van der Waals surface area contributed by atoms with Gasteiger partial charge in [0.15, 0.2) is 12.3 Å². The van der Waals surface area contributed by atoms with Crippen molar-refractivity contribution >= 4 is 40.7 Å². The molecule has 3 unspecified atom stereocenters. The number of allylic oxidation sites excluding steroid dienone is 6. The SMILES string of the molecule is COCCOCCOCCOCC[N+]1=C(/C=C/C=C/C=C2/N(CCOCCOCCOCCCC(=O)CCCCC3SCC4NC(=O)NC43)c3ccccc3C2(C)C)C(C)(C)c2ccccc21. The summed E-state index contributed by atoms with van der Waals surface area (Å²) in [5.74, 6) is 1.27. The van der Waals surface area contributed by atoms with E-state index in [0.717, 1.165) is 44.5 Å². The van der Waals surface area contributed by atoms with Crippen LogP contribution < -0.4 is 15.5 Å². The molecule has 6 rings (SSSR count). The number of nitrogens with one attached hydrogen (secondary N) is 2. The number of nitrogens with zero attached hydrogens (tertiary/aromatic N) is 2. The highest BCUT2D eigenvalue weighted by Crippen LogP contribution is 2.47. The molecule has 4 aliphatic heterocycles. The van der Waals surface area contributed by atoms with Gasteiger partial charge in [0.25, 0.3) is 0 Å². The zero-order chi connectivity index (χ0) is 47.3. The van der Waals surface area contributed by atoms with Crippen LogP contribution in [0.3, 0.4) is 0 Å². The summed E-state index contributed by atoms with van der Waals surface area (Å²) in [6, 6.07) is 17.8. The Kier molecular flexibility index (Phi) is 21.4. The van der Waals surface area contributed by atoms with Gasteiger partial charge in [0.05, 0.1) is 90.2 Å². The van der Waals surface area contributed by atoms with E-state index in [9.17, 15) is 9.59 Å². The predicted octanol–water partition coefficient (Wildman–Crippen LogP) is 7.68. The van der Waals surface area contributed by atoms with Gasteiger partial charge in [0.1, 0.15) is 12.4 Å². The van der Waals surface area contributed by atoms with Crippen molar-refractivity contribution in [3.8, 4) is 0 Å². The molecule has 0 aromatic heterocycles. The van der Waals surface area contributed by atoms with Crippen molar-refractivity contribution in [3.63, 3.8) is 0 Å². The number of ether oxygens (including phenoxy) is 7. The van der Waals surface area contributed by atoms with E-state index in [-0.39, 0.29) is 28.9 Å². The minimum Gasteiger partial charge on any atom is -0.382 e. The van der Waals surface area contributed by atoms with Gasteiger partial charge in [0.2, 0.25) is 5.69 Å². The van der Waals surface area contributed by atoms with Gasteiger partial charge in [-0.05, 0) is 50.8 Å². The van der Waals surface area contributed by atoms with E-state index in [1.54, 1.807) is 7.11 Å². The van der Waals surface area contributed by atoms with Gasteiger partial charge in [-0.15, -0.1) is 0 Å². The minimum absolute atomic E-state index is 0.0481. The molecular weight excluding hydrogens is 869 g/mol.